The summed E-state index contributed by atoms with van der Waals surface area (Å²) >= 11 is 1.51. The van der Waals surface area contributed by atoms with E-state index in [4.69, 9.17) is 9.40 Å². The number of aromatic nitrogens is 1. The number of thiazole rings is 1. The van der Waals surface area contributed by atoms with Gasteiger partial charge in [0.25, 0.3) is 5.91 Å². The number of amides is 1. The van der Waals surface area contributed by atoms with Crippen molar-refractivity contribution in [3.05, 3.63) is 78.1 Å². The Hall–Kier alpha value is -3.27. The van der Waals surface area contributed by atoms with Crippen LogP contribution in [0.5, 0.6) is 0 Å². The van der Waals surface area contributed by atoms with E-state index in [1.54, 1.807) is 40.7 Å². The molecule has 5 rings (SSSR count). The predicted octanol–water partition coefficient (Wildman–Crippen LogP) is 5.11. The summed E-state index contributed by atoms with van der Waals surface area (Å²) < 4.78 is 32.1. The lowest BCUT2D eigenvalue weighted by Gasteiger charge is -2.15. The van der Waals surface area contributed by atoms with Crippen LogP contribution in [0.25, 0.3) is 21.8 Å². The van der Waals surface area contributed by atoms with E-state index in [1.165, 1.54) is 17.6 Å². The van der Waals surface area contributed by atoms with Gasteiger partial charge in [0.2, 0.25) is 10.0 Å². The van der Waals surface area contributed by atoms with Crippen LogP contribution in [-0.2, 0) is 10.0 Å². The summed E-state index contributed by atoms with van der Waals surface area (Å²) in [6.07, 6.45) is 3.28. The first-order valence-electron chi connectivity index (χ1n) is 10.5. The van der Waals surface area contributed by atoms with E-state index in [1.807, 2.05) is 29.6 Å². The fourth-order valence-electron chi connectivity index (χ4n) is 3.71. The minimum absolute atomic E-state index is 0.253. The fraction of sp³-hybridized carbons (Fsp3) is 0.167. The fourth-order valence-corrected chi connectivity index (χ4v) is 6.06. The Morgan fingerprint density at radius 3 is 2.33 bits per heavy atom. The average Bonchev–Trinajstić information content (AvgIpc) is 3.62. The Labute approximate surface area is 195 Å². The third-order valence-electron chi connectivity index (χ3n) is 5.49. The number of anilines is 1. The van der Waals surface area contributed by atoms with Crippen LogP contribution in [0, 0.1) is 0 Å². The lowest BCUT2D eigenvalue weighted by atomic mass is 10.2. The third kappa shape index (κ3) is 4.47. The number of furan rings is 1. The molecule has 7 nitrogen and oxygen atoms in total. The topological polar surface area (TPSA) is 92.5 Å². The molecule has 1 aliphatic heterocycles. The van der Waals surface area contributed by atoms with Crippen molar-refractivity contribution >= 4 is 33.0 Å². The molecule has 0 radical (unpaired) electrons. The maximum absolute atomic E-state index is 12.7. The van der Waals surface area contributed by atoms with Crippen LogP contribution in [0.2, 0.25) is 0 Å². The summed E-state index contributed by atoms with van der Waals surface area (Å²) in [5, 5.41) is 5.58. The van der Waals surface area contributed by atoms with E-state index in [2.05, 4.69) is 5.32 Å². The molecule has 1 fully saturated rings. The van der Waals surface area contributed by atoms with Crippen LogP contribution in [0.15, 0.2) is 81.6 Å². The largest absolute Gasteiger partial charge is 0.459 e. The van der Waals surface area contributed by atoms with Gasteiger partial charge >= 0.3 is 0 Å². The van der Waals surface area contributed by atoms with Crippen molar-refractivity contribution in [1.29, 1.82) is 0 Å². The average molecular weight is 480 g/mol. The first-order chi connectivity index (χ1) is 16.0. The molecule has 2 aromatic heterocycles. The Bertz CT molecular complexity index is 1350. The van der Waals surface area contributed by atoms with Crippen molar-refractivity contribution < 1.29 is 17.6 Å². The van der Waals surface area contributed by atoms with Crippen LogP contribution in [0.3, 0.4) is 0 Å². The maximum atomic E-state index is 12.7. The number of carbonyl (C=O) groups is 1. The number of rotatable bonds is 6. The smallest absolute Gasteiger partial charge is 0.291 e. The monoisotopic (exact) mass is 479 g/mol. The van der Waals surface area contributed by atoms with E-state index in [0.29, 0.717) is 23.7 Å². The quantitative estimate of drug-likeness (QED) is 0.415. The molecule has 1 aliphatic rings. The van der Waals surface area contributed by atoms with Crippen molar-refractivity contribution in [2.45, 2.75) is 17.7 Å². The standard InChI is InChI=1S/C24H21N3O4S2/c28-23(22-4-3-15-31-22)25-19-9-5-18(6-10-19)24-26-21(16-32-24)17-7-11-20(12-8-17)33(29,30)27-13-1-2-14-27/h3-12,15-16H,1-2,13-14H2,(H,25,28). The molecular weight excluding hydrogens is 458 g/mol. The zero-order chi connectivity index (χ0) is 22.8. The first-order valence-corrected chi connectivity index (χ1v) is 12.8. The van der Waals surface area contributed by atoms with E-state index in [-0.39, 0.29) is 11.7 Å². The van der Waals surface area contributed by atoms with Crippen LogP contribution >= 0.6 is 11.3 Å². The molecule has 1 saturated heterocycles. The number of carbonyl (C=O) groups excluding carboxylic acids is 1. The molecule has 0 atom stereocenters. The Balaban J connectivity index is 1.29. The normalized spacial score (nSPS) is 14.4. The molecular formula is C24H21N3O4S2. The van der Waals surface area contributed by atoms with Gasteiger partial charge in [-0.2, -0.15) is 4.31 Å². The summed E-state index contributed by atoms with van der Waals surface area (Å²) in [6.45, 7) is 1.18. The summed E-state index contributed by atoms with van der Waals surface area (Å²) in [4.78, 5) is 17.1. The summed E-state index contributed by atoms with van der Waals surface area (Å²) in [5.41, 5.74) is 3.23. The van der Waals surface area contributed by atoms with Crippen molar-refractivity contribution in [3.8, 4) is 21.8 Å². The molecule has 2 aromatic carbocycles. The molecule has 1 amide bonds. The van der Waals surface area contributed by atoms with Gasteiger partial charge in [0.15, 0.2) is 5.76 Å². The lowest BCUT2D eigenvalue weighted by Crippen LogP contribution is -2.27. The zero-order valence-corrected chi connectivity index (χ0v) is 19.2. The molecule has 33 heavy (non-hydrogen) atoms. The first kappa shape index (κ1) is 21.6. The molecule has 0 saturated carbocycles. The molecule has 0 bridgehead atoms. The van der Waals surface area contributed by atoms with Crippen molar-refractivity contribution in [3.63, 3.8) is 0 Å². The lowest BCUT2D eigenvalue weighted by molar-refractivity contribution is 0.0996. The second kappa shape index (κ2) is 8.93. The van der Waals surface area contributed by atoms with Gasteiger partial charge in [-0.3, -0.25) is 4.79 Å². The minimum atomic E-state index is -3.42. The number of nitrogens with one attached hydrogen (secondary N) is 1. The van der Waals surface area contributed by atoms with Gasteiger partial charge in [0.1, 0.15) is 5.01 Å². The van der Waals surface area contributed by atoms with Crippen molar-refractivity contribution in [2.75, 3.05) is 18.4 Å². The third-order valence-corrected chi connectivity index (χ3v) is 8.30. The molecule has 4 aromatic rings. The molecule has 0 unspecified atom stereocenters. The highest BCUT2D eigenvalue weighted by Crippen LogP contribution is 2.31. The number of hydrogen-bond donors (Lipinski definition) is 1. The highest BCUT2D eigenvalue weighted by Gasteiger charge is 2.27. The number of hydrogen-bond acceptors (Lipinski definition) is 6. The highest BCUT2D eigenvalue weighted by atomic mass is 32.2. The molecule has 168 valence electrons. The number of benzene rings is 2. The van der Waals surface area contributed by atoms with E-state index in [0.717, 1.165) is 34.7 Å². The predicted molar refractivity (Wildman–Crippen MR) is 128 cm³/mol. The number of sulfonamides is 1. The van der Waals surface area contributed by atoms with Crippen LogP contribution in [-0.4, -0.2) is 36.7 Å². The van der Waals surface area contributed by atoms with Crippen LogP contribution in [0.4, 0.5) is 5.69 Å². The van der Waals surface area contributed by atoms with E-state index in [9.17, 15) is 13.2 Å². The highest BCUT2D eigenvalue weighted by molar-refractivity contribution is 7.89. The Morgan fingerprint density at radius 1 is 0.970 bits per heavy atom. The SMILES string of the molecule is O=C(Nc1ccc(-c2nc(-c3ccc(S(=O)(=O)N4CCCC4)cc3)cs2)cc1)c1ccco1. The van der Waals surface area contributed by atoms with Gasteiger partial charge in [-0.1, -0.05) is 12.1 Å². The van der Waals surface area contributed by atoms with Gasteiger partial charge in [-0.15, -0.1) is 11.3 Å². The summed E-state index contributed by atoms with van der Waals surface area (Å²) in [7, 11) is -3.42. The van der Waals surface area contributed by atoms with Crippen molar-refractivity contribution in [1.82, 2.24) is 9.29 Å². The van der Waals surface area contributed by atoms with E-state index < -0.39 is 10.0 Å². The van der Waals surface area contributed by atoms with Crippen molar-refractivity contribution in [2.24, 2.45) is 0 Å². The molecule has 0 aliphatic carbocycles. The minimum Gasteiger partial charge on any atom is -0.459 e. The summed E-state index contributed by atoms with van der Waals surface area (Å²) in [6, 6.07) is 17.6. The molecule has 1 N–H and O–H groups in total. The van der Waals surface area contributed by atoms with E-state index >= 15 is 0 Å². The number of nitrogens with zero attached hydrogens (tertiary/aromatic N) is 2. The van der Waals surface area contributed by atoms with Gasteiger partial charge in [0.05, 0.1) is 16.9 Å². The Morgan fingerprint density at radius 2 is 1.67 bits per heavy atom. The molecule has 9 heteroatoms. The van der Waals surface area contributed by atoms with Gasteiger partial charge < -0.3 is 9.73 Å². The molecule has 0 spiro atoms. The maximum Gasteiger partial charge on any atom is 0.291 e. The zero-order valence-electron chi connectivity index (χ0n) is 17.6. The van der Waals surface area contributed by atoms with Crippen LogP contribution in [0.1, 0.15) is 23.4 Å². The van der Waals surface area contributed by atoms with Gasteiger partial charge in [-0.25, -0.2) is 13.4 Å². The van der Waals surface area contributed by atoms with Gasteiger partial charge in [0, 0.05) is 35.3 Å². The summed E-state index contributed by atoms with van der Waals surface area (Å²) in [5.74, 6) is -0.0534. The Kier molecular flexibility index (Phi) is 5.84. The second-order valence-corrected chi connectivity index (χ2v) is 10.5. The van der Waals surface area contributed by atoms with Gasteiger partial charge in [-0.05, 0) is 61.4 Å². The molecule has 3 heterocycles. The second-order valence-electron chi connectivity index (χ2n) is 7.68. The van der Waals surface area contributed by atoms with Crippen LogP contribution < -0.4 is 5.32 Å².